The minimum absolute atomic E-state index is 0.104. The molecular weight excluding hydrogens is 1260 g/mol. The summed E-state index contributed by atoms with van der Waals surface area (Å²) in [5, 5.41) is 10.6. The van der Waals surface area contributed by atoms with E-state index in [1.165, 1.54) is 186 Å². The zero-order valence-corrected chi connectivity index (χ0v) is 64.8. The molecule has 0 aromatic heterocycles. The van der Waals surface area contributed by atoms with Crippen LogP contribution in [0.1, 0.15) is 389 Å². The summed E-state index contributed by atoms with van der Waals surface area (Å²) in [6.07, 6.45) is 51.4. The number of phosphoric ester groups is 2. The van der Waals surface area contributed by atoms with Gasteiger partial charge in [-0.25, -0.2) is 9.13 Å². The average Bonchev–Trinajstić information content (AvgIpc) is 1.57. The molecule has 96 heavy (non-hydrogen) atoms. The first-order valence-corrected chi connectivity index (χ1v) is 42.7. The molecule has 3 unspecified atom stereocenters. The summed E-state index contributed by atoms with van der Waals surface area (Å²) in [5.41, 5.74) is 0. The van der Waals surface area contributed by atoms with Crippen molar-refractivity contribution >= 4 is 39.5 Å². The molecule has 0 aliphatic carbocycles. The van der Waals surface area contributed by atoms with Crippen molar-refractivity contribution in [3.05, 3.63) is 0 Å². The van der Waals surface area contributed by atoms with Crippen LogP contribution in [0.2, 0.25) is 0 Å². The quantitative estimate of drug-likeness (QED) is 0.0222. The molecule has 0 aliphatic heterocycles. The monoisotopic (exact) mass is 1410 g/mol. The lowest BCUT2D eigenvalue weighted by Crippen LogP contribution is -2.30. The molecule has 0 aromatic rings. The lowest BCUT2D eigenvalue weighted by atomic mass is 10.00. The molecule has 17 nitrogen and oxygen atoms in total. The summed E-state index contributed by atoms with van der Waals surface area (Å²) in [7, 11) is -9.91. The number of ether oxygens (including phenoxy) is 4. The average molecular weight is 1410 g/mol. The van der Waals surface area contributed by atoms with E-state index in [9.17, 15) is 43.2 Å². The normalized spacial score (nSPS) is 14.4. The third kappa shape index (κ3) is 69.2. The number of esters is 4. The van der Waals surface area contributed by atoms with Crippen LogP contribution >= 0.6 is 15.6 Å². The van der Waals surface area contributed by atoms with Gasteiger partial charge >= 0.3 is 39.5 Å². The highest BCUT2D eigenvalue weighted by Crippen LogP contribution is 2.45. The number of phosphoric acid groups is 2. The Bertz CT molecular complexity index is 1890. The van der Waals surface area contributed by atoms with E-state index in [0.717, 1.165) is 120 Å². The van der Waals surface area contributed by atoms with Gasteiger partial charge in [0.1, 0.15) is 19.3 Å². The van der Waals surface area contributed by atoms with Crippen molar-refractivity contribution in [2.45, 2.75) is 408 Å². The van der Waals surface area contributed by atoms with Crippen LogP contribution in [0.4, 0.5) is 0 Å². The number of rotatable bonds is 74. The smallest absolute Gasteiger partial charge is 0.462 e. The van der Waals surface area contributed by atoms with Crippen LogP contribution in [-0.4, -0.2) is 96.7 Å². The highest BCUT2D eigenvalue weighted by molar-refractivity contribution is 7.47. The van der Waals surface area contributed by atoms with E-state index in [1.54, 1.807) is 0 Å². The Kier molecular flexibility index (Phi) is 65.0. The molecule has 0 amide bonds. The number of unbranched alkanes of at least 4 members (excludes halogenated alkanes) is 39. The molecule has 0 aromatic carbocycles. The van der Waals surface area contributed by atoms with Crippen LogP contribution in [0.15, 0.2) is 0 Å². The molecule has 570 valence electrons. The fourth-order valence-electron chi connectivity index (χ4n) is 11.7. The Morgan fingerprint density at radius 2 is 0.500 bits per heavy atom. The highest BCUT2D eigenvalue weighted by atomic mass is 31.2. The predicted molar refractivity (Wildman–Crippen MR) is 391 cm³/mol. The van der Waals surface area contributed by atoms with Gasteiger partial charge in [0, 0.05) is 25.7 Å². The third-order valence-corrected chi connectivity index (χ3v) is 20.1. The standard InChI is InChI=1S/C77H150O17P2/c1-9-70(8)56-48-40-35-36-42-50-58-75(80)88-64-73(94-77(82)60-52-44-34-28-22-25-31-39-47-55-69(6)7)66-92-96(85,86)90-62-71(78)61-89-95(83,84)91-65-72(63-87-74(79)57-49-41-32-26-20-17-13-15-19-24-30-38-46-54-68(4)5)93-76(81)59-51-43-33-27-21-16-12-10-11-14-18-23-29-37-45-53-67(2)3/h67-73,78H,9-66H2,1-8H3,(H,83,84)(H,85,86)/t70?,71-,72-,73-/m1/s1. The first-order valence-electron chi connectivity index (χ1n) is 39.7. The SMILES string of the molecule is CCC(C)CCCCCCCCC(=O)OC[C@H](COP(=O)(O)OC[C@H](O)COP(=O)(O)OC[C@@H](COC(=O)CCCCCCCCCCCCCCCC(C)C)OC(=O)CCCCCCCCCCCCCCCCCC(C)C)OC(=O)CCCCCCCCCCCC(C)C. The maximum Gasteiger partial charge on any atom is 0.472 e. The van der Waals surface area contributed by atoms with Crippen LogP contribution in [0.25, 0.3) is 0 Å². The van der Waals surface area contributed by atoms with Gasteiger partial charge in [0.25, 0.3) is 0 Å². The minimum atomic E-state index is -4.96. The third-order valence-electron chi connectivity index (χ3n) is 18.2. The molecule has 0 saturated heterocycles. The van der Waals surface area contributed by atoms with Gasteiger partial charge in [0.05, 0.1) is 26.4 Å². The fraction of sp³-hybridized carbons (Fsp3) is 0.948. The van der Waals surface area contributed by atoms with Crippen molar-refractivity contribution < 1.29 is 80.2 Å². The Morgan fingerprint density at radius 3 is 0.740 bits per heavy atom. The molecule has 19 heteroatoms. The lowest BCUT2D eigenvalue weighted by molar-refractivity contribution is -0.161. The fourth-order valence-corrected chi connectivity index (χ4v) is 13.3. The Hall–Kier alpha value is -1.94. The van der Waals surface area contributed by atoms with Gasteiger partial charge in [-0.2, -0.15) is 0 Å². The summed E-state index contributed by atoms with van der Waals surface area (Å²) >= 11 is 0. The van der Waals surface area contributed by atoms with Crippen molar-refractivity contribution in [3.63, 3.8) is 0 Å². The van der Waals surface area contributed by atoms with Crippen molar-refractivity contribution in [1.29, 1.82) is 0 Å². The van der Waals surface area contributed by atoms with Gasteiger partial charge in [-0.3, -0.25) is 37.3 Å². The van der Waals surface area contributed by atoms with Gasteiger partial charge in [-0.05, 0) is 49.4 Å². The predicted octanol–water partition coefficient (Wildman–Crippen LogP) is 22.4. The number of aliphatic hydroxyl groups is 1. The summed E-state index contributed by atoms with van der Waals surface area (Å²) in [5.74, 6) is 0.940. The maximum absolute atomic E-state index is 13.1. The number of aliphatic hydroxyl groups excluding tert-OH is 1. The van der Waals surface area contributed by atoms with Gasteiger partial charge < -0.3 is 33.8 Å². The molecule has 0 saturated carbocycles. The molecule has 0 rings (SSSR count). The van der Waals surface area contributed by atoms with E-state index < -0.39 is 97.5 Å². The number of hydrogen-bond acceptors (Lipinski definition) is 15. The Labute approximate surface area is 588 Å². The second-order valence-corrected chi connectivity index (χ2v) is 32.3. The van der Waals surface area contributed by atoms with E-state index in [-0.39, 0.29) is 25.7 Å². The summed E-state index contributed by atoms with van der Waals surface area (Å²) < 4.78 is 68.6. The van der Waals surface area contributed by atoms with Gasteiger partial charge in [-0.1, -0.05) is 338 Å². The molecular formula is C77H150O17P2. The molecule has 6 atom stereocenters. The molecule has 0 fully saturated rings. The molecule has 0 heterocycles. The molecule has 0 spiro atoms. The Morgan fingerprint density at radius 1 is 0.292 bits per heavy atom. The molecule has 0 radical (unpaired) electrons. The minimum Gasteiger partial charge on any atom is -0.462 e. The first kappa shape index (κ1) is 94.1. The first-order chi connectivity index (χ1) is 46.1. The van der Waals surface area contributed by atoms with Crippen molar-refractivity contribution in [1.82, 2.24) is 0 Å². The summed E-state index contributed by atoms with van der Waals surface area (Å²) in [4.78, 5) is 72.8. The number of carbonyl (C=O) groups excluding carboxylic acids is 4. The van der Waals surface area contributed by atoms with Crippen molar-refractivity contribution in [2.75, 3.05) is 39.6 Å². The van der Waals surface area contributed by atoms with Gasteiger partial charge in [0.15, 0.2) is 12.2 Å². The molecule has 0 aliphatic rings. The van der Waals surface area contributed by atoms with Gasteiger partial charge in [0.2, 0.25) is 0 Å². The lowest BCUT2D eigenvalue weighted by Gasteiger charge is -2.21. The van der Waals surface area contributed by atoms with E-state index in [4.69, 9.17) is 37.0 Å². The van der Waals surface area contributed by atoms with Crippen molar-refractivity contribution in [2.24, 2.45) is 23.7 Å². The zero-order valence-electron chi connectivity index (χ0n) is 63.0. The summed E-state index contributed by atoms with van der Waals surface area (Å²) in [6.45, 7) is 14.2. The molecule has 0 bridgehead atoms. The number of carbonyl (C=O) groups is 4. The highest BCUT2D eigenvalue weighted by Gasteiger charge is 2.30. The van der Waals surface area contributed by atoms with Crippen LogP contribution in [0.3, 0.4) is 0 Å². The van der Waals surface area contributed by atoms with Crippen LogP contribution in [0, 0.1) is 23.7 Å². The maximum atomic E-state index is 13.1. The van der Waals surface area contributed by atoms with Crippen LogP contribution in [0.5, 0.6) is 0 Å². The van der Waals surface area contributed by atoms with E-state index in [0.29, 0.717) is 25.7 Å². The largest absolute Gasteiger partial charge is 0.472 e. The van der Waals surface area contributed by atoms with Crippen molar-refractivity contribution in [3.8, 4) is 0 Å². The second kappa shape index (κ2) is 66.3. The van der Waals surface area contributed by atoms with E-state index in [1.807, 2.05) is 0 Å². The molecule has 3 N–H and O–H groups in total. The Balaban J connectivity index is 5.25. The second-order valence-electron chi connectivity index (χ2n) is 29.4. The zero-order chi connectivity index (χ0) is 71.0. The summed E-state index contributed by atoms with van der Waals surface area (Å²) in [6, 6.07) is 0. The van der Waals surface area contributed by atoms with Gasteiger partial charge in [-0.15, -0.1) is 0 Å². The van der Waals surface area contributed by atoms with E-state index >= 15 is 0 Å². The van der Waals surface area contributed by atoms with E-state index in [2.05, 4.69) is 55.4 Å². The topological polar surface area (TPSA) is 237 Å². The van der Waals surface area contributed by atoms with Crippen LogP contribution in [-0.2, 0) is 65.4 Å². The van der Waals surface area contributed by atoms with Crippen LogP contribution < -0.4 is 0 Å². The number of hydrogen-bond donors (Lipinski definition) is 3.